The van der Waals surface area contributed by atoms with Gasteiger partial charge in [0.25, 0.3) is 5.91 Å². The lowest BCUT2D eigenvalue weighted by Gasteiger charge is -2.37. The number of fused-ring (bicyclic) bond motifs is 1. The minimum absolute atomic E-state index is 0.151. The molecule has 1 aromatic carbocycles. The minimum atomic E-state index is -3.66. The second kappa shape index (κ2) is 9.83. The highest BCUT2D eigenvalue weighted by Crippen LogP contribution is 2.30. The zero-order valence-electron chi connectivity index (χ0n) is 19.0. The summed E-state index contributed by atoms with van der Waals surface area (Å²) in [7, 11) is -3.66. The number of hydrogen-bond acceptors (Lipinski definition) is 7. The van der Waals surface area contributed by atoms with Crippen molar-refractivity contribution in [2.24, 2.45) is 0 Å². The Morgan fingerprint density at radius 1 is 1.18 bits per heavy atom. The summed E-state index contributed by atoms with van der Waals surface area (Å²) in [5.74, 6) is -0.311. The number of carbonyl (C=O) groups excluding carboxylic acids is 2. The number of hydrogen-bond donors (Lipinski definition) is 2. The van der Waals surface area contributed by atoms with Crippen LogP contribution in [0, 0.1) is 0 Å². The second-order valence-electron chi connectivity index (χ2n) is 8.51. The van der Waals surface area contributed by atoms with E-state index in [2.05, 4.69) is 15.2 Å². The molecule has 0 saturated carbocycles. The first kappa shape index (κ1) is 24.3. The number of anilines is 2. The van der Waals surface area contributed by atoms with Crippen LogP contribution in [0.1, 0.15) is 26.2 Å². The van der Waals surface area contributed by atoms with Gasteiger partial charge in [-0.05, 0) is 44.4 Å². The number of nitrogens with two attached hydrogens (primary N) is 1. The normalized spacial score (nSPS) is 19.9. The molecule has 2 saturated heterocycles. The summed E-state index contributed by atoms with van der Waals surface area (Å²) in [6.07, 6.45) is 1.68. The van der Waals surface area contributed by atoms with Crippen LogP contribution < -0.4 is 16.0 Å². The number of rotatable bonds is 4. The lowest BCUT2D eigenvalue weighted by atomic mass is 10.1. The molecule has 1 atom stereocenters. The van der Waals surface area contributed by atoms with E-state index < -0.39 is 22.0 Å². The van der Waals surface area contributed by atoms with Crippen molar-refractivity contribution in [3.05, 3.63) is 29.3 Å². The predicted molar refractivity (Wildman–Crippen MR) is 132 cm³/mol. The number of carbonyl (C=O) groups is 2. The molecule has 2 aliphatic rings. The van der Waals surface area contributed by atoms with Gasteiger partial charge in [-0.25, -0.2) is 22.5 Å². The Hall–Kier alpha value is -2.79. The maximum Gasteiger partial charge on any atom is 0.318 e. The van der Waals surface area contributed by atoms with Crippen molar-refractivity contribution in [2.75, 3.05) is 49.1 Å². The van der Waals surface area contributed by atoms with Gasteiger partial charge in [0, 0.05) is 54.9 Å². The summed E-state index contributed by atoms with van der Waals surface area (Å²) in [4.78, 5) is 33.9. The van der Waals surface area contributed by atoms with Crippen LogP contribution in [-0.4, -0.2) is 79.1 Å². The van der Waals surface area contributed by atoms with Gasteiger partial charge < -0.3 is 20.9 Å². The Morgan fingerprint density at radius 2 is 1.91 bits per heavy atom. The van der Waals surface area contributed by atoms with Crippen LogP contribution in [0.4, 0.5) is 16.3 Å². The third kappa shape index (κ3) is 5.00. The summed E-state index contributed by atoms with van der Waals surface area (Å²) in [5, 5.41) is 4.28. The molecule has 0 bridgehead atoms. The van der Waals surface area contributed by atoms with E-state index in [1.807, 2.05) is 12.1 Å². The first-order valence-corrected chi connectivity index (χ1v) is 13.4. The van der Waals surface area contributed by atoms with Crippen LogP contribution in [-0.2, 0) is 14.8 Å². The van der Waals surface area contributed by atoms with Gasteiger partial charge in [0.15, 0.2) is 0 Å². The van der Waals surface area contributed by atoms with Gasteiger partial charge >= 0.3 is 6.03 Å². The van der Waals surface area contributed by atoms with Gasteiger partial charge in [0.05, 0.1) is 11.3 Å². The zero-order valence-corrected chi connectivity index (χ0v) is 20.6. The van der Waals surface area contributed by atoms with E-state index in [4.69, 9.17) is 17.3 Å². The fourth-order valence-corrected chi connectivity index (χ4v) is 5.72. The number of pyridine rings is 1. The van der Waals surface area contributed by atoms with E-state index in [1.54, 1.807) is 17.0 Å². The van der Waals surface area contributed by atoms with Crippen molar-refractivity contribution < 1.29 is 18.0 Å². The highest BCUT2D eigenvalue weighted by molar-refractivity contribution is 7.89. The van der Waals surface area contributed by atoms with E-state index in [0.717, 1.165) is 15.4 Å². The first-order valence-electron chi connectivity index (χ1n) is 11.4. The molecule has 2 aromatic rings. The fourth-order valence-electron chi connectivity index (χ4n) is 4.43. The van der Waals surface area contributed by atoms with Crippen molar-refractivity contribution in [1.29, 1.82) is 0 Å². The molecule has 3 amide bonds. The maximum absolute atomic E-state index is 12.9. The topological polar surface area (TPSA) is 129 Å². The van der Waals surface area contributed by atoms with Crippen molar-refractivity contribution in [3.8, 4) is 0 Å². The van der Waals surface area contributed by atoms with Crippen LogP contribution >= 0.6 is 11.6 Å². The van der Waals surface area contributed by atoms with Gasteiger partial charge in [-0.1, -0.05) is 11.6 Å². The number of benzene rings is 1. The average Bonchev–Trinajstić information content (AvgIpc) is 3.00. The molecule has 3 heterocycles. The number of aromatic nitrogens is 1. The summed E-state index contributed by atoms with van der Waals surface area (Å²) >= 11 is 6.10. The van der Waals surface area contributed by atoms with Gasteiger partial charge in [-0.15, -0.1) is 0 Å². The third-order valence-corrected chi connectivity index (χ3v) is 8.32. The molecule has 34 heavy (non-hydrogen) atoms. The Kier molecular flexibility index (Phi) is 7.04. The Balaban J connectivity index is 1.42. The predicted octanol–water partition coefficient (Wildman–Crippen LogP) is 2.03. The Labute approximate surface area is 204 Å². The van der Waals surface area contributed by atoms with Crippen LogP contribution in [0.2, 0.25) is 5.02 Å². The van der Waals surface area contributed by atoms with Crippen molar-refractivity contribution in [3.63, 3.8) is 0 Å². The average molecular weight is 509 g/mol. The maximum atomic E-state index is 12.9. The number of nitrogen functional groups attached to an aromatic ring is 1. The molecule has 4 rings (SSSR count). The molecule has 0 radical (unpaired) electrons. The van der Waals surface area contributed by atoms with Gasteiger partial charge in [0.1, 0.15) is 11.9 Å². The molecule has 0 unspecified atom stereocenters. The van der Waals surface area contributed by atoms with Crippen molar-refractivity contribution in [1.82, 2.24) is 19.5 Å². The molecule has 2 aliphatic heterocycles. The van der Waals surface area contributed by atoms with Crippen LogP contribution in [0.3, 0.4) is 0 Å². The lowest BCUT2D eigenvalue weighted by molar-refractivity contribution is -0.128. The van der Waals surface area contributed by atoms with Gasteiger partial charge in [-0.2, -0.15) is 0 Å². The quantitative estimate of drug-likeness (QED) is 0.646. The van der Waals surface area contributed by atoms with E-state index >= 15 is 0 Å². The molecular formula is C22H29ClN6O4S. The summed E-state index contributed by atoms with van der Waals surface area (Å²) in [5.41, 5.74) is 7.64. The highest BCUT2D eigenvalue weighted by Gasteiger charge is 2.35. The third-order valence-electron chi connectivity index (χ3n) is 6.32. The van der Waals surface area contributed by atoms with Crippen LogP contribution in [0.5, 0.6) is 0 Å². The summed E-state index contributed by atoms with van der Waals surface area (Å²) in [6, 6.07) is 6.10. The summed E-state index contributed by atoms with van der Waals surface area (Å²) in [6.45, 7) is 3.71. The summed E-state index contributed by atoms with van der Waals surface area (Å²) < 4.78 is 25.6. The van der Waals surface area contributed by atoms with E-state index in [9.17, 15) is 18.0 Å². The number of urea groups is 1. The van der Waals surface area contributed by atoms with Gasteiger partial charge in [-0.3, -0.25) is 4.79 Å². The number of nitrogens with one attached hydrogen (secondary N) is 1. The highest BCUT2D eigenvalue weighted by atomic mass is 35.5. The molecule has 0 aliphatic carbocycles. The number of amides is 3. The van der Waals surface area contributed by atoms with Gasteiger partial charge in [0.2, 0.25) is 10.0 Å². The lowest BCUT2D eigenvalue weighted by Crippen LogP contribution is -2.56. The number of nitrogens with zero attached hydrogens (tertiary/aromatic N) is 4. The molecule has 12 heteroatoms. The Morgan fingerprint density at radius 3 is 2.62 bits per heavy atom. The molecule has 184 valence electrons. The molecular weight excluding hydrogens is 480 g/mol. The first-order chi connectivity index (χ1) is 16.2. The van der Waals surface area contributed by atoms with Crippen LogP contribution in [0.15, 0.2) is 24.3 Å². The standard InChI is InChI=1S/C22H29ClN6O4S/c1-2-34(32,33)29-8-4-3-5-17(21(29)30)26-22(31)28-11-9-27(10-12-28)19-14-20(24)25-18-13-15(23)6-7-16(18)19/h6-7,13-14,17H,2-5,8-12H2,1H3,(H2,24,25)(H,26,31)/t17-/m0/s1. The number of sulfonamides is 1. The zero-order chi connectivity index (χ0) is 24.5. The van der Waals surface area contributed by atoms with E-state index in [-0.39, 0.29) is 18.3 Å². The molecule has 0 spiro atoms. The van der Waals surface area contributed by atoms with E-state index in [0.29, 0.717) is 61.8 Å². The molecule has 1 aromatic heterocycles. The van der Waals surface area contributed by atoms with Crippen molar-refractivity contribution in [2.45, 2.75) is 32.2 Å². The van der Waals surface area contributed by atoms with Crippen LogP contribution in [0.25, 0.3) is 10.9 Å². The minimum Gasteiger partial charge on any atom is -0.384 e. The Bertz CT molecular complexity index is 1190. The number of halogens is 1. The molecule has 10 nitrogen and oxygen atoms in total. The van der Waals surface area contributed by atoms with Crippen molar-refractivity contribution >= 4 is 56.0 Å². The molecule has 3 N–H and O–H groups in total. The fraction of sp³-hybridized carbons (Fsp3) is 0.500. The second-order valence-corrected chi connectivity index (χ2v) is 11.1. The number of piperazine rings is 1. The SMILES string of the molecule is CCS(=O)(=O)N1CCCC[C@H](NC(=O)N2CCN(c3cc(N)nc4cc(Cl)ccc34)CC2)C1=O. The molecule has 2 fully saturated rings. The monoisotopic (exact) mass is 508 g/mol. The largest absolute Gasteiger partial charge is 0.384 e. The van der Waals surface area contributed by atoms with E-state index in [1.165, 1.54) is 6.92 Å². The smallest absolute Gasteiger partial charge is 0.318 e.